The average molecular weight is 392 g/mol. The number of aromatic nitrogens is 1. The second-order valence-corrected chi connectivity index (χ2v) is 7.95. The molecule has 4 nitrogen and oxygen atoms in total. The summed E-state index contributed by atoms with van der Waals surface area (Å²) < 4.78 is 1.13. The van der Waals surface area contributed by atoms with E-state index in [1.807, 2.05) is 30.0 Å². The Labute approximate surface area is 155 Å². The molecule has 2 heterocycles. The van der Waals surface area contributed by atoms with Crippen LogP contribution in [0.3, 0.4) is 0 Å². The number of thiazole rings is 1. The summed E-state index contributed by atoms with van der Waals surface area (Å²) in [5.41, 5.74) is 0.933. The maximum atomic E-state index is 11.9. The van der Waals surface area contributed by atoms with E-state index in [1.54, 1.807) is 11.3 Å². The van der Waals surface area contributed by atoms with Crippen LogP contribution in [-0.4, -0.2) is 41.5 Å². The smallest absolute Gasteiger partial charge is 0.221 e. The van der Waals surface area contributed by atoms with Crippen molar-refractivity contribution in [1.82, 2.24) is 15.6 Å². The first kappa shape index (κ1) is 18.8. The Balaban J connectivity index is 0.00000192. The number of carbonyl (C=O) groups excluding carboxylic acids is 1. The molecule has 1 aromatic heterocycles. The Morgan fingerprint density at radius 2 is 2.35 bits per heavy atom. The van der Waals surface area contributed by atoms with Crippen molar-refractivity contribution in [3.63, 3.8) is 0 Å². The van der Waals surface area contributed by atoms with Gasteiger partial charge in [0.25, 0.3) is 0 Å². The predicted molar refractivity (Wildman–Crippen MR) is 102 cm³/mol. The van der Waals surface area contributed by atoms with E-state index in [1.165, 1.54) is 0 Å². The van der Waals surface area contributed by atoms with E-state index in [4.69, 9.17) is 11.6 Å². The maximum Gasteiger partial charge on any atom is 0.221 e. The molecule has 1 aliphatic rings. The van der Waals surface area contributed by atoms with Gasteiger partial charge in [0.15, 0.2) is 0 Å². The summed E-state index contributed by atoms with van der Waals surface area (Å²) in [7, 11) is 0. The standard InChI is InChI=1S/C15H18ClN3OS2.ClH/c16-10-1-2-13-12(7-10)19-15(22-13)3-4-18-14(20)8-11-9-21-6-5-17-11;/h1-2,7,11,17H,3-6,8-9H2,(H,18,20);1H. The predicted octanol–water partition coefficient (Wildman–Crippen LogP) is 3.13. The SMILES string of the molecule is Cl.O=C(CC1CSCCN1)NCCc1nc2cc(Cl)ccc2s1. The Morgan fingerprint density at radius 1 is 1.48 bits per heavy atom. The van der Waals surface area contributed by atoms with Crippen LogP contribution in [0.5, 0.6) is 0 Å². The van der Waals surface area contributed by atoms with Crippen molar-refractivity contribution in [1.29, 1.82) is 0 Å². The third kappa shape index (κ3) is 5.50. The molecule has 1 atom stereocenters. The van der Waals surface area contributed by atoms with E-state index in [0.717, 1.165) is 39.7 Å². The number of fused-ring (bicyclic) bond motifs is 1. The zero-order chi connectivity index (χ0) is 15.4. The van der Waals surface area contributed by atoms with Gasteiger partial charge in [-0.2, -0.15) is 11.8 Å². The zero-order valence-corrected chi connectivity index (χ0v) is 15.7. The highest BCUT2D eigenvalue weighted by Crippen LogP contribution is 2.25. The number of carbonyl (C=O) groups is 1. The first-order valence-electron chi connectivity index (χ1n) is 7.33. The molecule has 1 saturated heterocycles. The summed E-state index contributed by atoms with van der Waals surface area (Å²) in [6.07, 6.45) is 1.32. The van der Waals surface area contributed by atoms with Crippen LogP contribution in [0.4, 0.5) is 0 Å². The molecule has 2 N–H and O–H groups in total. The number of rotatable bonds is 5. The second kappa shape index (κ2) is 9.08. The van der Waals surface area contributed by atoms with Gasteiger partial charge in [-0.05, 0) is 18.2 Å². The molecule has 2 aromatic rings. The fourth-order valence-corrected chi connectivity index (χ4v) is 4.47. The second-order valence-electron chi connectivity index (χ2n) is 5.25. The van der Waals surface area contributed by atoms with Crippen LogP contribution in [0.15, 0.2) is 18.2 Å². The lowest BCUT2D eigenvalue weighted by molar-refractivity contribution is -0.121. The first-order chi connectivity index (χ1) is 10.7. The van der Waals surface area contributed by atoms with Gasteiger partial charge < -0.3 is 10.6 Å². The molecule has 0 spiro atoms. The van der Waals surface area contributed by atoms with Gasteiger partial charge in [0.05, 0.1) is 15.2 Å². The minimum atomic E-state index is 0. The number of nitrogens with one attached hydrogen (secondary N) is 2. The molecule has 0 aliphatic carbocycles. The Bertz CT molecular complexity index is 659. The molecule has 3 rings (SSSR count). The van der Waals surface area contributed by atoms with Gasteiger partial charge in [-0.3, -0.25) is 4.79 Å². The minimum absolute atomic E-state index is 0. The molecule has 0 saturated carbocycles. The van der Waals surface area contributed by atoms with Crippen LogP contribution < -0.4 is 10.6 Å². The van der Waals surface area contributed by atoms with Gasteiger partial charge in [-0.25, -0.2) is 4.98 Å². The number of nitrogens with zero attached hydrogens (tertiary/aromatic N) is 1. The monoisotopic (exact) mass is 391 g/mol. The van der Waals surface area contributed by atoms with Crippen molar-refractivity contribution in [3.8, 4) is 0 Å². The molecular weight excluding hydrogens is 373 g/mol. The normalized spacial score (nSPS) is 17.7. The molecule has 23 heavy (non-hydrogen) atoms. The molecular formula is C15H19Cl2N3OS2. The van der Waals surface area contributed by atoms with Gasteiger partial charge in [0.1, 0.15) is 0 Å². The van der Waals surface area contributed by atoms with Crippen molar-refractivity contribution >= 4 is 63.2 Å². The van der Waals surface area contributed by atoms with Gasteiger partial charge in [0.2, 0.25) is 5.91 Å². The molecule has 8 heteroatoms. The fourth-order valence-electron chi connectivity index (χ4n) is 2.41. The van der Waals surface area contributed by atoms with Crippen LogP contribution in [0.2, 0.25) is 5.02 Å². The van der Waals surface area contributed by atoms with Crippen molar-refractivity contribution in [2.75, 3.05) is 24.6 Å². The molecule has 1 aliphatic heterocycles. The molecule has 1 aromatic carbocycles. The number of hydrogen-bond donors (Lipinski definition) is 2. The zero-order valence-electron chi connectivity index (χ0n) is 12.5. The Hall–Kier alpha value is -0.530. The number of halogens is 2. The van der Waals surface area contributed by atoms with Crippen molar-refractivity contribution in [3.05, 3.63) is 28.2 Å². The Morgan fingerprint density at radius 3 is 3.13 bits per heavy atom. The van der Waals surface area contributed by atoms with E-state index in [0.29, 0.717) is 24.0 Å². The molecule has 1 amide bonds. The van der Waals surface area contributed by atoms with Crippen LogP contribution >= 0.6 is 47.1 Å². The summed E-state index contributed by atoms with van der Waals surface area (Å²) >= 11 is 9.53. The van der Waals surface area contributed by atoms with Crippen LogP contribution in [0, 0.1) is 0 Å². The van der Waals surface area contributed by atoms with E-state index >= 15 is 0 Å². The maximum absolute atomic E-state index is 11.9. The summed E-state index contributed by atoms with van der Waals surface area (Å²) in [5, 5.41) is 8.10. The van der Waals surface area contributed by atoms with Crippen LogP contribution in [-0.2, 0) is 11.2 Å². The largest absolute Gasteiger partial charge is 0.356 e. The third-order valence-electron chi connectivity index (χ3n) is 3.49. The highest BCUT2D eigenvalue weighted by molar-refractivity contribution is 7.99. The number of hydrogen-bond acceptors (Lipinski definition) is 5. The number of thioether (sulfide) groups is 1. The summed E-state index contributed by atoms with van der Waals surface area (Å²) in [6.45, 7) is 1.63. The molecule has 1 unspecified atom stereocenters. The quantitative estimate of drug-likeness (QED) is 0.821. The summed E-state index contributed by atoms with van der Waals surface area (Å²) in [5.74, 6) is 2.27. The fraction of sp³-hybridized carbons (Fsp3) is 0.467. The highest BCUT2D eigenvalue weighted by Gasteiger charge is 2.16. The van der Waals surface area contributed by atoms with E-state index in [9.17, 15) is 4.79 Å². The van der Waals surface area contributed by atoms with Gasteiger partial charge in [-0.1, -0.05) is 11.6 Å². The van der Waals surface area contributed by atoms with Crippen molar-refractivity contribution in [2.24, 2.45) is 0 Å². The number of amides is 1. The van der Waals surface area contributed by atoms with E-state index < -0.39 is 0 Å². The van der Waals surface area contributed by atoms with Crippen LogP contribution in [0.25, 0.3) is 10.2 Å². The lowest BCUT2D eigenvalue weighted by Crippen LogP contribution is -2.41. The topological polar surface area (TPSA) is 54.0 Å². The first-order valence-corrected chi connectivity index (χ1v) is 9.68. The third-order valence-corrected chi connectivity index (χ3v) is 5.95. The minimum Gasteiger partial charge on any atom is -0.356 e. The van der Waals surface area contributed by atoms with Gasteiger partial charge in [-0.15, -0.1) is 23.7 Å². The molecule has 126 valence electrons. The Kier molecular flexibility index (Phi) is 7.43. The molecule has 0 bridgehead atoms. The lowest BCUT2D eigenvalue weighted by atomic mass is 10.2. The lowest BCUT2D eigenvalue weighted by Gasteiger charge is -2.22. The van der Waals surface area contributed by atoms with E-state index in [-0.39, 0.29) is 18.3 Å². The summed E-state index contributed by atoms with van der Waals surface area (Å²) in [6, 6.07) is 6.05. The molecule has 0 radical (unpaired) electrons. The van der Waals surface area contributed by atoms with Crippen molar-refractivity contribution < 1.29 is 4.79 Å². The average Bonchev–Trinajstić information content (AvgIpc) is 2.90. The number of benzene rings is 1. The molecule has 1 fully saturated rings. The van der Waals surface area contributed by atoms with Gasteiger partial charge >= 0.3 is 0 Å². The highest BCUT2D eigenvalue weighted by atomic mass is 35.5. The van der Waals surface area contributed by atoms with Crippen LogP contribution in [0.1, 0.15) is 11.4 Å². The van der Waals surface area contributed by atoms with E-state index in [2.05, 4.69) is 15.6 Å². The van der Waals surface area contributed by atoms with Crippen molar-refractivity contribution in [2.45, 2.75) is 18.9 Å². The summed E-state index contributed by atoms with van der Waals surface area (Å²) in [4.78, 5) is 16.5. The van der Waals surface area contributed by atoms with Gasteiger partial charge in [0, 0.05) is 48.5 Å².